The second kappa shape index (κ2) is 7.46. The van der Waals surface area contributed by atoms with Crippen molar-refractivity contribution in [2.24, 2.45) is 0 Å². The number of rotatable bonds is 7. The summed E-state index contributed by atoms with van der Waals surface area (Å²) in [7, 11) is 0. The number of aliphatic carboxylic acids is 1. The third kappa shape index (κ3) is 5.17. The van der Waals surface area contributed by atoms with E-state index in [9.17, 15) is 9.18 Å². The molecule has 106 valence electrons. The third-order valence-corrected chi connectivity index (χ3v) is 3.34. The number of nitrogens with zero attached hydrogens (tertiary/aromatic N) is 1. The molecule has 0 saturated carbocycles. The van der Waals surface area contributed by atoms with Crippen LogP contribution in [0, 0.1) is 5.82 Å². The van der Waals surface area contributed by atoms with E-state index in [2.05, 4.69) is 0 Å². The highest BCUT2D eigenvalue weighted by atomic mass is 35.5. The third-order valence-electron chi connectivity index (χ3n) is 2.99. The Bertz CT molecular complexity index is 417. The molecule has 1 N–H and O–H groups in total. The smallest absolute Gasteiger partial charge is 0.303 e. The lowest BCUT2D eigenvalue weighted by molar-refractivity contribution is -0.137. The van der Waals surface area contributed by atoms with Gasteiger partial charge in [-0.2, -0.15) is 0 Å². The van der Waals surface area contributed by atoms with Crippen molar-refractivity contribution < 1.29 is 14.3 Å². The average Bonchev–Trinajstić information content (AvgIpc) is 2.31. The van der Waals surface area contributed by atoms with Crippen molar-refractivity contribution in [3.8, 4) is 0 Å². The lowest BCUT2D eigenvalue weighted by Crippen LogP contribution is -2.32. The molecule has 1 aromatic carbocycles. The Morgan fingerprint density at radius 1 is 1.47 bits per heavy atom. The van der Waals surface area contributed by atoms with E-state index in [1.165, 1.54) is 6.07 Å². The molecule has 0 heterocycles. The van der Waals surface area contributed by atoms with Crippen LogP contribution in [0.3, 0.4) is 0 Å². The summed E-state index contributed by atoms with van der Waals surface area (Å²) in [5, 5.41) is 9.05. The minimum Gasteiger partial charge on any atom is -0.481 e. The number of hydrogen-bond donors (Lipinski definition) is 1. The minimum atomic E-state index is -0.812. The summed E-state index contributed by atoms with van der Waals surface area (Å²) in [6.45, 7) is 4.99. The van der Waals surface area contributed by atoms with Crippen molar-refractivity contribution in [3.05, 3.63) is 34.6 Å². The molecule has 0 aliphatic carbocycles. The van der Waals surface area contributed by atoms with Gasteiger partial charge in [-0.25, -0.2) is 4.39 Å². The molecule has 5 heteroatoms. The highest BCUT2D eigenvalue weighted by molar-refractivity contribution is 6.31. The zero-order valence-corrected chi connectivity index (χ0v) is 12.0. The highest BCUT2D eigenvalue weighted by Crippen LogP contribution is 2.21. The number of carboxylic acid groups (broad SMARTS) is 1. The van der Waals surface area contributed by atoms with E-state index in [0.717, 1.165) is 0 Å². The fourth-order valence-corrected chi connectivity index (χ4v) is 2.06. The lowest BCUT2D eigenvalue weighted by atomic mass is 10.1. The number of hydrogen-bond acceptors (Lipinski definition) is 2. The van der Waals surface area contributed by atoms with Crippen molar-refractivity contribution in [2.45, 2.75) is 39.3 Å². The molecule has 0 fully saturated rings. The summed E-state index contributed by atoms with van der Waals surface area (Å²) in [5.41, 5.74) is 0.466. The van der Waals surface area contributed by atoms with Crippen molar-refractivity contribution in [3.63, 3.8) is 0 Å². The van der Waals surface area contributed by atoms with Crippen LogP contribution in [-0.2, 0) is 11.3 Å². The molecule has 0 atom stereocenters. The summed E-state index contributed by atoms with van der Waals surface area (Å²) in [5.74, 6) is -1.14. The highest BCUT2D eigenvalue weighted by Gasteiger charge is 2.15. The van der Waals surface area contributed by atoms with Crippen LogP contribution in [0.2, 0.25) is 5.02 Å². The normalized spacial score (nSPS) is 11.3. The number of halogens is 2. The molecule has 0 bridgehead atoms. The van der Waals surface area contributed by atoms with E-state index in [4.69, 9.17) is 16.7 Å². The molecule has 0 spiro atoms. The zero-order valence-electron chi connectivity index (χ0n) is 11.2. The van der Waals surface area contributed by atoms with Gasteiger partial charge in [-0.1, -0.05) is 17.7 Å². The minimum absolute atomic E-state index is 0.119. The van der Waals surface area contributed by atoms with Gasteiger partial charge in [-0.05, 0) is 38.9 Å². The summed E-state index contributed by atoms with van der Waals surface area (Å²) >= 11 is 6.00. The summed E-state index contributed by atoms with van der Waals surface area (Å²) in [6, 6.07) is 4.82. The molecule has 0 amide bonds. The second-order valence-electron chi connectivity index (χ2n) is 4.76. The van der Waals surface area contributed by atoms with Crippen LogP contribution in [0.4, 0.5) is 4.39 Å². The quantitative estimate of drug-likeness (QED) is 0.834. The maximum atomic E-state index is 13.7. The molecule has 19 heavy (non-hydrogen) atoms. The van der Waals surface area contributed by atoms with Gasteiger partial charge in [-0.3, -0.25) is 9.69 Å². The first-order valence-electron chi connectivity index (χ1n) is 6.30. The number of carbonyl (C=O) groups is 1. The first-order valence-corrected chi connectivity index (χ1v) is 6.68. The maximum absolute atomic E-state index is 13.7. The van der Waals surface area contributed by atoms with E-state index in [0.29, 0.717) is 30.1 Å². The molecule has 0 aliphatic heterocycles. The first kappa shape index (κ1) is 15.9. The Kier molecular flexibility index (Phi) is 6.25. The Hall–Kier alpha value is -1.13. The van der Waals surface area contributed by atoms with Gasteiger partial charge >= 0.3 is 5.97 Å². The molecule has 0 aromatic heterocycles. The summed E-state index contributed by atoms with van der Waals surface area (Å²) < 4.78 is 13.7. The van der Waals surface area contributed by atoms with Crippen LogP contribution in [0.25, 0.3) is 0 Å². The molecule has 0 aliphatic rings. The molecule has 1 rings (SSSR count). The van der Waals surface area contributed by atoms with Gasteiger partial charge in [0, 0.05) is 29.6 Å². The molecule has 3 nitrogen and oxygen atoms in total. The van der Waals surface area contributed by atoms with Crippen LogP contribution >= 0.6 is 11.6 Å². The zero-order chi connectivity index (χ0) is 14.4. The first-order chi connectivity index (χ1) is 8.91. The van der Waals surface area contributed by atoms with Crippen molar-refractivity contribution in [1.29, 1.82) is 0 Å². The molecule has 0 radical (unpaired) electrons. The van der Waals surface area contributed by atoms with Gasteiger partial charge in [0.2, 0.25) is 0 Å². The Morgan fingerprint density at radius 2 is 2.16 bits per heavy atom. The van der Waals surface area contributed by atoms with Crippen molar-refractivity contribution in [1.82, 2.24) is 4.90 Å². The van der Waals surface area contributed by atoms with E-state index in [1.54, 1.807) is 12.1 Å². The standard InChI is InChI=1S/C14H19ClFNO2/c1-10(2)17(8-4-7-14(18)19)9-11-12(15)5-3-6-13(11)16/h3,5-6,10H,4,7-9H2,1-2H3,(H,18,19). The predicted molar refractivity (Wildman–Crippen MR) is 73.8 cm³/mol. The average molecular weight is 288 g/mol. The van der Waals surface area contributed by atoms with Gasteiger partial charge in [0.25, 0.3) is 0 Å². The Labute approximate surface area is 118 Å². The molecule has 0 saturated heterocycles. The van der Waals surface area contributed by atoms with Crippen LogP contribution < -0.4 is 0 Å². The molecule has 1 aromatic rings. The van der Waals surface area contributed by atoms with Crippen LogP contribution in [0.1, 0.15) is 32.3 Å². The largest absolute Gasteiger partial charge is 0.481 e. The van der Waals surface area contributed by atoms with E-state index < -0.39 is 5.97 Å². The molecular weight excluding hydrogens is 269 g/mol. The van der Waals surface area contributed by atoms with E-state index >= 15 is 0 Å². The topological polar surface area (TPSA) is 40.5 Å². The summed E-state index contributed by atoms with van der Waals surface area (Å²) in [6.07, 6.45) is 0.661. The Morgan fingerprint density at radius 3 is 2.68 bits per heavy atom. The van der Waals surface area contributed by atoms with Gasteiger partial charge < -0.3 is 5.11 Å². The molecule has 0 unspecified atom stereocenters. The van der Waals surface area contributed by atoms with Gasteiger partial charge in [0.15, 0.2) is 0 Å². The number of carboxylic acids is 1. The summed E-state index contributed by atoms with van der Waals surface area (Å²) in [4.78, 5) is 12.5. The van der Waals surface area contributed by atoms with Gasteiger partial charge in [0.1, 0.15) is 5.82 Å². The Balaban J connectivity index is 2.70. The van der Waals surface area contributed by atoms with Crippen LogP contribution in [0.15, 0.2) is 18.2 Å². The van der Waals surface area contributed by atoms with E-state index in [1.807, 2.05) is 18.7 Å². The van der Waals surface area contributed by atoms with Gasteiger partial charge in [0.05, 0.1) is 0 Å². The monoisotopic (exact) mass is 287 g/mol. The molecular formula is C14H19ClFNO2. The second-order valence-corrected chi connectivity index (χ2v) is 5.17. The van der Waals surface area contributed by atoms with E-state index in [-0.39, 0.29) is 18.3 Å². The van der Waals surface area contributed by atoms with Crippen LogP contribution in [-0.4, -0.2) is 28.6 Å². The fourth-order valence-electron chi connectivity index (χ4n) is 1.84. The SMILES string of the molecule is CC(C)N(CCCC(=O)O)Cc1c(F)cccc1Cl. The lowest BCUT2D eigenvalue weighted by Gasteiger charge is -2.26. The van der Waals surface area contributed by atoms with Crippen molar-refractivity contribution in [2.75, 3.05) is 6.54 Å². The van der Waals surface area contributed by atoms with Crippen LogP contribution in [0.5, 0.6) is 0 Å². The van der Waals surface area contributed by atoms with Crippen molar-refractivity contribution >= 4 is 17.6 Å². The fraction of sp³-hybridized carbons (Fsp3) is 0.500. The van der Waals surface area contributed by atoms with Gasteiger partial charge in [-0.15, -0.1) is 0 Å². The number of benzene rings is 1. The predicted octanol–water partition coefficient (Wildman–Crippen LogP) is 3.55. The maximum Gasteiger partial charge on any atom is 0.303 e.